The summed E-state index contributed by atoms with van der Waals surface area (Å²) in [4.78, 5) is 32.6. The van der Waals surface area contributed by atoms with Crippen molar-refractivity contribution >= 4 is 61.8 Å². The largest absolute Gasteiger partial charge is 0.508 e. The Kier molecular flexibility index (Phi) is 10.1. The van der Waals surface area contributed by atoms with Gasteiger partial charge in [0.05, 0.1) is 16.5 Å². The molecule has 6 heterocycles. The maximum absolute atomic E-state index is 17.2. The van der Waals surface area contributed by atoms with Gasteiger partial charge < -0.3 is 24.4 Å². The van der Waals surface area contributed by atoms with Crippen LogP contribution in [0, 0.1) is 29.9 Å². The fourth-order valence-corrected chi connectivity index (χ4v) is 11.1. The van der Waals surface area contributed by atoms with E-state index in [1.165, 1.54) is 31.2 Å². The molecule has 14 heteroatoms. The van der Waals surface area contributed by atoms with Gasteiger partial charge in [-0.2, -0.15) is 9.97 Å². The third kappa shape index (κ3) is 6.96. The predicted molar refractivity (Wildman–Crippen MR) is 225 cm³/mol. The summed E-state index contributed by atoms with van der Waals surface area (Å²) in [6.07, 6.45) is 12.3. The Hall–Kier alpha value is -5.10. The van der Waals surface area contributed by atoms with Crippen LogP contribution in [0.3, 0.4) is 0 Å². The maximum atomic E-state index is 17.2. The van der Waals surface area contributed by atoms with Gasteiger partial charge in [-0.3, -0.25) is 14.7 Å². The summed E-state index contributed by atoms with van der Waals surface area (Å²) in [7, 11) is 0. The van der Waals surface area contributed by atoms with Gasteiger partial charge in [-0.15, -0.1) is 6.42 Å². The zero-order valence-electron chi connectivity index (χ0n) is 32.2. The predicted octanol–water partition coefficient (Wildman–Crippen LogP) is 7.86. The number of anilines is 1. The van der Waals surface area contributed by atoms with Gasteiger partial charge in [0.2, 0.25) is 0 Å². The summed E-state index contributed by atoms with van der Waals surface area (Å²) in [5.74, 6) is 2.77. The number of hydrogen-bond acceptors (Lipinski definition) is 11. The van der Waals surface area contributed by atoms with E-state index in [4.69, 9.17) is 38.1 Å². The number of piperazine rings is 1. The van der Waals surface area contributed by atoms with Gasteiger partial charge >= 0.3 is 12.0 Å². The average molecular weight is 821 g/mol. The topological polar surface area (TPSA) is 104 Å². The van der Waals surface area contributed by atoms with E-state index in [9.17, 15) is 9.90 Å². The summed E-state index contributed by atoms with van der Waals surface area (Å²) in [6.45, 7) is 7.27. The second kappa shape index (κ2) is 15.3. The van der Waals surface area contributed by atoms with E-state index in [1.807, 2.05) is 12.1 Å². The molecule has 4 atom stereocenters. The SMILES string of the molecule is C#Cc1c(F)ccc2cc(O)cc(-c3ncc4c(N5CC6CCC(C5)N6C(=S)SCc5ccc(OC(C)=O)cc5)nc(OC[C@@]56CCCN5C[C@H](C)C6)nc4c3F)c12. The number of thiocarbonyl (C=S) groups is 1. The Bertz CT molecular complexity index is 2500. The van der Waals surface area contributed by atoms with Gasteiger partial charge in [-0.25, -0.2) is 8.78 Å². The average Bonchev–Trinajstić information content (AvgIpc) is 3.82. The molecule has 58 heavy (non-hydrogen) atoms. The van der Waals surface area contributed by atoms with Crippen LogP contribution < -0.4 is 14.4 Å². The molecule has 0 aliphatic carbocycles. The minimum atomic E-state index is -0.750. The third-order valence-corrected chi connectivity index (χ3v) is 13.6. The van der Waals surface area contributed by atoms with E-state index < -0.39 is 11.6 Å². The molecule has 298 valence electrons. The first kappa shape index (κ1) is 38.4. The molecule has 2 unspecified atom stereocenters. The van der Waals surface area contributed by atoms with Crippen molar-refractivity contribution in [1.82, 2.24) is 24.8 Å². The van der Waals surface area contributed by atoms with E-state index >= 15 is 8.78 Å². The number of phenolic OH excluding ortho intramolecular Hbond substituents is 1. The Morgan fingerprint density at radius 1 is 1.10 bits per heavy atom. The van der Waals surface area contributed by atoms with Gasteiger partial charge in [-0.1, -0.05) is 55.0 Å². The van der Waals surface area contributed by atoms with E-state index in [0.29, 0.717) is 53.7 Å². The van der Waals surface area contributed by atoms with Gasteiger partial charge in [0.25, 0.3) is 0 Å². The first-order chi connectivity index (χ1) is 28.0. The molecule has 0 radical (unpaired) electrons. The number of aromatic hydroxyl groups is 1. The molecule has 3 aromatic carbocycles. The molecule has 4 saturated heterocycles. The Labute approximate surface area is 344 Å². The number of nitrogens with zero attached hydrogens (tertiary/aromatic N) is 6. The number of aromatic nitrogens is 3. The number of esters is 1. The van der Waals surface area contributed by atoms with Crippen LogP contribution in [0.25, 0.3) is 32.9 Å². The molecule has 4 aliphatic heterocycles. The van der Waals surface area contributed by atoms with Crippen LogP contribution in [-0.2, 0) is 10.5 Å². The number of rotatable bonds is 8. The Morgan fingerprint density at radius 3 is 2.62 bits per heavy atom. The highest BCUT2D eigenvalue weighted by molar-refractivity contribution is 8.22. The van der Waals surface area contributed by atoms with Crippen molar-refractivity contribution in [3.63, 3.8) is 0 Å². The molecule has 1 N–H and O–H groups in total. The highest BCUT2D eigenvalue weighted by atomic mass is 32.2. The molecular weight excluding hydrogens is 779 g/mol. The van der Waals surface area contributed by atoms with Crippen molar-refractivity contribution in [2.75, 3.05) is 37.7 Å². The molecule has 0 saturated carbocycles. The summed E-state index contributed by atoms with van der Waals surface area (Å²) in [6, 6.07) is 13.3. The molecular formula is C44H42F2N6O4S2. The van der Waals surface area contributed by atoms with Gasteiger partial charge in [-0.05, 0) is 85.8 Å². The number of carbonyl (C=O) groups excluding carboxylic acids is 1. The number of pyridine rings is 1. The van der Waals surface area contributed by atoms with E-state index in [1.54, 1.807) is 30.1 Å². The standard InChI is InChI=1S/C44H42F2N6O4S2/c1-4-33-36(45)13-8-28-16-31(54)17-34(37(28)33)39-38(46)40-35(19-47-39)41(49-42(48-40)55-24-44-14-5-15-51(44)20-25(2)18-44)50-21-29-9-10-30(22-50)52(29)43(57)58-23-27-6-11-32(12-7-27)56-26(3)53/h1,6-8,11-13,16-17,19,25,29-30,54H,5,9-10,14-15,18,20-24H2,2-3H3/t25-,29?,30?,44+/m1/s1. The zero-order valence-corrected chi connectivity index (χ0v) is 33.8. The number of fused-ring (bicyclic) bond motifs is 5. The van der Waals surface area contributed by atoms with Crippen LogP contribution in [0.1, 0.15) is 57.1 Å². The smallest absolute Gasteiger partial charge is 0.319 e. The highest BCUT2D eigenvalue weighted by Gasteiger charge is 2.48. The number of carbonyl (C=O) groups is 1. The van der Waals surface area contributed by atoms with Crippen LogP contribution in [0.2, 0.25) is 0 Å². The van der Waals surface area contributed by atoms with Gasteiger partial charge in [0.1, 0.15) is 45.3 Å². The lowest BCUT2D eigenvalue weighted by Crippen LogP contribution is -2.55. The highest BCUT2D eigenvalue weighted by Crippen LogP contribution is 2.43. The van der Waals surface area contributed by atoms with Crippen LogP contribution in [0.4, 0.5) is 14.6 Å². The molecule has 5 aromatic rings. The lowest BCUT2D eigenvalue weighted by Gasteiger charge is -2.43. The second-order valence-corrected chi connectivity index (χ2v) is 17.6. The van der Waals surface area contributed by atoms with Crippen molar-refractivity contribution in [3.8, 4) is 41.1 Å². The van der Waals surface area contributed by atoms with Crippen LogP contribution in [-0.4, -0.2) is 90.6 Å². The van der Waals surface area contributed by atoms with Crippen LogP contribution >= 0.6 is 24.0 Å². The molecule has 2 bridgehead atoms. The van der Waals surface area contributed by atoms with Crippen molar-refractivity contribution in [1.29, 1.82) is 0 Å². The second-order valence-electron chi connectivity index (χ2n) is 16.0. The fraction of sp³-hybridized carbons (Fsp3) is 0.386. The van der Waals surface area contributed by atoms with Gasteiger partial charge in [0.15, 0.2) is 5.82 Å². The fourth-order valence-electron chi connectivity index (χ4n) is 9.70. The number of halogens is 2. The minimum Gasteiger partial charge on any atom is -0.508 e. The normalized spacial score (nSPS) is 22.7. The number of benzene rings is 3. The quantitative estimate of drug-likeness (QED) is 0.0714. The van der Waals surface area contributed by atoms with Gasteiger partial charge in [0, 0.05) is 61.5 Å². The van der Waals surface area contributed by atoms with E-state index in [0.717, 1.165) is 55.1 Å². The Morgan fingerprint density at radius 2 is 1.88 bits per heavy atom. The summed E-state index contributed by atoms with van der Waals surface area (Å²) >= 11 is 7.63. The van der Waals surface area contributed by atoms with E-state index in [2.05, 4.69) is 32.5 Å². The zero-order chi connectivity index (χ0) is 40.3. The number of phenols is 1. The first-order valence-electron chi connectivity index (χ1n) is 19.6. The Balaban J connectivity index is 1.05. The van der Waals surface area contributed by atoms with Crippen LogP contribution in [0.5, 0.6) is 17.5 Å². The lowest BCUT2D eigenvalue weighted by atomic mass is 9.92. The molecule has 0 amide bonds. The molecule has 2 aromatic heterocycles. The van der Waals surface area contributed by atoms with Crippen molar-refractivity contribution < 1.29 is 28.2 Å². The monoisotopic (exact) mass is 820 g/mol. The number of ether oxygens (including phenoxy) is 2. The summed E-state index contributed by atoms with van der Waals surface area (Å²) in [5, 5.41) is 11.8. The van der Waals surface area contributed by atoms with Crippen LogP contribution in [0.15, 0.2) is 54.7 Å². The third-order valence-electron chi connectivity index (χ3n) is 12.1. The number of hydrogen-bond donors (Lipinski definition) is 1. The number of terminal acetylenes is 1. The van der Waals surface area contributed by atoms with E-state index in [-0.39, 0.29) is 63.1 Å². The summed E-state index contributed by atoms with van der Waals surface area (Å²) < 4.78 is 44.7. The maximum Gasteiger partial charge on any atom is 0.319 e. The molecule has 4 aliphatic rings. The summed E-state index contributed by atoms with van der Waals surface area (Å²) in [5.41, 5.74) is 0.955. The van der Waals surface area contributed by atoms with Crippen molar-refractivity contribution in [3.05, 3.63) is 77.5 Å². The van der Waals surface area contributed by atoms with Crippen molar-refractivity contribution in [2.45, 2.75) is 69.3 Å². The molecule has 10 nitrogen and oxygen atoms in total. The first-order valence-corrected chi connectivity index (χ1v) is 21.0. The lowest BCUT2D eigenvalue weighted by molar-refractivity contribution is -0.131. The molecule has 9 rings (SSSR count). The number of thioether (sulfide) groups is 1. The molecule has 0 spiro atoms. The minimum absolute atomic E-state index is 0.0151. The molecule has 4 fully saturated rings. The van der Waals surface area contributed by atoms with Crippen molar-refractivity contribution in [2.24, 2.45) is 5.92 Å².